The monoisotopic (exact) mass is 515 g/mol. The van der Waals surface area contributed by atoms with Crippen molar-refractivity contribution in [3.8, 4) is 29.4 Å². The predicted molar refractivity (Wildman–Crippen MR) is 141 cm³/mol. The minimum atomic E-state index is -1.51. The molecule has 0 spiro atoms. The average molecular weight is 516 g/mol. The van der Waals surface area contributed by atoms with Crippen LogP contribution in [0.4, 0.5) is 5.69 Å². The van der Waals surface area contributed by atoms with Crippen molar-refractivity contribution in [2.45, 2.75) is 108 Å². The molecule has 37 heavy (non-hydrogen) atoms. The molecule has 8 heteroatoms. The van der Waals surface area contributed by atoms with Crippen LogP contribution in [-0.2, 0) is 9.53 Å². The molecule has 0 bridgehead atoms. The van der Waals surface area contributed by atoms with E-state index in [0.29, 0.717) is 17.9 Å². The summed E-state index contributed by atoms with van der Waals surface area (Å²) in [6, 6.07) is 6.52. The van der Waals surface area contributed by atoms with Crippen LogP contribution in [0.3, 0.4) is 0 Å². The molecule has 0 unspecified atom stereocenters. The van der Waals surface area contributed by atoms with Crippen LogP contribution >= 0.6 is 0 Å². The summed E-state index contributed by atoms with van der Waals surface area (Å²) in [5, 5.41) is 41.9. The van der Waals surface area contributed by atoms with Gasteiger partial charge in [-0.25, -0.2) is 0 Å². The van der Waals surface area contributed by atoms with Crippen molar-refractivity contribution in [2.75, 3.05) is 11.9 Å². The first-order valence-corrected chi connectivity index (χ1v) is 13.3. The number of amides is 1. The molecule has 1 aromatic rings. The van der Waals surface area contributed by atoms with Gasteiger partial charge in [-0.2, -0.15) is 0 Å². The van der Waals surface area contributed by atoms with Gasteiger partial charge in [0.1, 0.15) is 30.2 Å². The maximum absolute atomic E-state index is 12.2. The summed E-state index contributed by atoms with van der Waals surface area (Å²) in [7, 11) is 0. The first-order valence-electron chi connectivity index (χ1n) is 13.3. The van der Waals surface area contributed by atoms with E-state index < -0.39 is 37.3 Å². The molecule has 0 radical (unpaired) electrons. The highest BCUT2D eigenvalue weighted by Crippen LogP contribution is 2.25. The van der Waals surface area contributed by atoms with Crippen LogP contribution < -0.4 is 10.1 Å². The zero-order valence-corrected chi connectivity index (χ0v) is 21.7. The fourth-order valence-electron chi connectivity index (χ4n) is 3.82. The maximum Gasteiger partial charge on any atom is 0.229 e. The Labute approximate surface area is 220 Å². The van der Waals surface area contributed by atoms with Gasteiger partial charge in [0.15, 0.2) is 0 Å². The van der Waals surface area contributed by atoms with E-state index in [1.165, 1.54) is 0 Å². The molecule has 8 nitrogen and oxygen atoms in total. The normalized spacial score (nSPS) is 22.8. The number of ether oxygens (including phenoxy) is 2. The molecule has 0 aliphatic carbocycles. The fraction of sp³-hybridized carbons (Fsp3) is 0.621. The minimum absolute atomic E-state index is 0.0575. The SMILES string of the molecule is CCCCC#CC#CCCCCCCCCC(=O)Nc1ccc(O[C@@H]2O[C@H](CO)[C@@H](O)[C@H](O)[C@H]2O)cc1. The van der Waals surface area contributed by atoms with Crippen LogP contribution in [0.15, 0.2) is 24.3 Å². The molecular formula is C29H41NO7. The van der Waals surface area contributed by atoms with Gasteiger partial charge in [-0.1, -0.05) is 50.9 Å². The van der Waals surface area contributed by atoms with Gasteiger partial charge in [-0.05, 0) is 55.4 Å². The van der Waals surface area contributed by atoms with Crippen molar-refractivity contribution >= 4 is 11.6 Å². The van der Waals surface area contributed by atoms with E-state index in [9.17, 15) is 25.2 Å². The van der Waals surface area contributed by atoms with Crippen LogP contribution in [0.1, 0.15) is 77.6 Å². The largest absolute Gasteiger partial charge is 0.462 e. The fourth-order valence-corrected chi connectivity index (χ4v) is 3.82. The molecule has 1 saturated heterocycles. The number of nitrogens with one attached hydrogen (secondary N) is 1. The van der Waals surface area contributed by atoms with Crippen LogP contribution in [0.5, 0.6) is 5.75 Å². The number of benzene rings is 1. The topological polar surface area (TPSA) is 128 Å². The van der Waals surface area contributed by atoms with Gasteiger partial charge in [0.25, 0.3) is 0 Å². The highest BCUT2D eigenvalue weighted by Gasteiger charge is 2.44. The maximum atomic E-state index is 12.2. The lowest BCUT2D eigenvalue weighted by Gasteiger charge is -2.39. The van der Waals surface area contributed by atoms with E-state index in [0.717, 1.165) is 64.2 Å². The van der Waals surface area contributed by atoms with Crippen molar-refractivity contribution in [1.82, 2.24) is 0 Å². The molecule has 5 N–H and O–H groups in total. The lowest BCUT2D eigenvalue weighted by molar-refractivity contribution is -0.277. The van der Waals surface area contributed by atoms with Gasteiger partial charge in [-0.3, -0.25) is 4.79 Å². The second kappa shape index (κ2) is 17.8. The molecule has 1 aliphatic heterocycles. The first kappa shape index (κ1) is 30.6. The second-order valence-corrected chi connectivity index (χ2v) is 9.22. The van der Waals surface area contributed by atoms with Crippen molar-refractivity contribution < 1.29 is 34.7 Å². The molecule has 2 rings (SSSR count). The van der Waals surface area contributed by atoms with E-state index in [-0.39, 0.29) is 5.91 Å². The summed E-state index contributed by atoms with van der Waals surface area (Å²) in [5.74, 6) is 12.3. The van der Waals surface area contributed by atoms with Crippen LogP contribution in [-0.4, -0.2) is 63.6 Å². The third-order valence-corrected chi connectivity index (χ3v) is 6.09. The average Bonchev–Trinajstić information content (AvgIpc) is 2.90. The summed E-state index contributed by atoms with van der Waals surface area (Å²) in [6.07, 6.45) is 4.14. The second-order valence-electron chi connectivity index (χ2n) is 9.22. The highest BCUT2D eigenvalue weighted by atomic mass is 16.7. The standard InChI is InChI=1S/C29H41NO7/c1-2-3-4-5-6-7-8-9-10-11-12-13-14-15-16-25(32)30-22-17-19-23(20-18-22)36-29-28(35)27(34)26(33)24(21-31)37-29/h17-20,24,26-29,31,33-35H,2-4,9-16,21H2,1H3,(H,30,32)/t24-,26-,27+,28-,29-/m1/s1. The number of carbonyl (C=O) groups is 1. The molecule has 5 atom stereocenters. The summed E-state index contributed by atoms with van der Waals surface area (Å²) < 4.78 is 10.9. The minimum Gasteiger partial charge on any atom is -0.462 e. The summed E-state index contributed by atoms with van der Waals surface area (Å²) in [5.41, 5.74) is 0.613. The Kier molecular flexibility index (Phi) is 14.7. The molecule has 1 aromatic carbocycles. The molecule has 204 valence electrons. The Bertz CT molecular complexity index is 910. The van der Waals surface area contributed by atoms with Gasteiger partial charge < -0.3 is 35.2 Å². The molecule has 0 aromatic heterocycles. The summed E-state index contributed by atoms with van der Waals surface area (Å²) in [4.78, 5) is 12.2. The van der Waals surface area contributed by atoms with E-state index in [1.807, 2.05) is 0 Å². The van der Waals surface area contributed by atoms with Crippen molar-refractivity contribution in [2.24, 2.45) is 0 Å². The number of unbranched alkanes of at least 4 members (excludes halogenated alkanes) is 8. The Morgan fingerprint density at radius 3 is 2.16 bits per heavy atom. The molecule has 1 aliphatic rings. The van der Waals surface area contributed by atoms with Crippen LogP contribution in [0.25, 0.3) is 0 Å². The van der Waals surface area contributed by atoms with Crippen LogP contribution in [0.2, 0.25) is 0 Å². The molecule has 1 amide bonds. The Hall–Kier alpha value is -2.59. The van der Waals surface area contributed by atoms with Crippen LogP contribution in [0, 0.1) is 23.7 Å². The molecular weight excluding hydrogens is 474 g/mol. The smallest absolute Gasteiger partial charge is 0.229 e. The van der Waals surface area contributed by atoms with Crippen molar-refractivity contribution in [3.63, 3.8) is 0 Å². The van der Waals surface area contributed by atoms with E-state index in [2.05, 4.69) is 35.9 Å². The highest BCUT2D eigenvalue weighted by molar-refractivity contribution is 5.90. The molecule has 1 heterocycles. The third-order valence-electron chi connectivity index (χ3n) is 6.09. The lowest BCUT2D eigenvalue weighted by atomic mass is 9.99. The quantitative estimate of drug-likeness (QED) is 0.190. The number of hydrogen-bond acceptors (Lipinski definition) is 7. The number of hydrogen-bond donors (Lipinski definition) is 5. The summed E-state index contributed by atoms with van der Waals surface area (Å²) in [6.45, 7) is 1.63. The number of carbonyl (C=O) groups excluding carboxylic acids is 1. The van der Waals surface area contributed by atoms with Gasteiger partial charge in [0, 0.05) is 24.9 Å². The zero-order valence-electron chi connectivity index (χ0n) is 21.7. The van der Waals surface area contributed by atoms with E-state index >= 15 is 0 Å². The number of aliphatic hydroxyl groups excluding tert-OH is 4. The Morgan fingerprint density at radius 1 is 0.892 bits per heavy atom. The van der Waals surface area contributed by atoms with Crippen molar-refractivity contribution in [3.05, 3.63) is 24.3 Å². The van der Waals surface area contributed by atoms with Gasteiger partial charge >= 0.3 is 0 Å². The summed E-state index contributed by atoms with van der Waals surface area (Å²) >= 11 is 0. The van der Waals surface area contributed by atoms with Gasteiger partial charge in [0.2, 0.25) is 12.2 Å². The molecule has 0 saturated carbocycles. The Balaban J connectivity index is 1.58. The first-order chi connectivity index (χ1) is 18.0. The van der Waals surface area contributed by atoms with E-state index in [4.69, 9.17) is 9.47 Å². The van der Waals surface area contributed by atoms with Gasteiger partial charge in [-0.15, -0.1) is 0 Å². The van der Waals surface area contributed by atoms with E-state index in [1.54, 1.807) is 24.3 Å². The number of anilines is 1. The predicted octanol–water partition coefficient (Wildman–Crippen LogP) is 3.12. The molecule has 1 fully saturated rings. The number of rotatable bonds is 14. The van der Waals surface area contributed by atoms with Crippen molar-refractivity contribution in [1.29, 1.82) is 0 Å². The number of aliphatic hydroxyl groups is 4. The Morgan fingerprint density at radius 2 is 1.51 bits per heavy atom. The third kappa shape index (κ3) is 11.6. The zero-order chi connectivity index (χ0) is 26.9. The van der Waals surface area contributed by atoms with Gasteiger partial charge in [0.05, 0.1) is 6.61 Å². The lowest BCUT2D eigenvalue weighted by Crippen LogP contribution is -2.60.